The highest BCUT2D eigenvalue weighted by Gasteiger charge is 2.01. The highest BCUT2D eigenvalue weighted by atomic mass is 15.0. The van der Waals surface area contributed by atoms with Crippen molar-refractivity contribution in [1.29, 1.82) is 0 Å². The van der Waals surface area contributed by atoms with Gasteiger partial charge in [0.2, 0.25) is 0 Å². The maximum absolute atomic E-state index is 4.13. The molecule has 2 heterocycles. The van der Waals surface area contributed by atoms with Gasteiger partial charge in [0.25, 0.3) is 0 Å². The van der Waals surface area contributed by atoms with Crippen molar-refractivity contribution < 1.29 is 0 Å². The van der Waals surface area contributed by atoms with Crippen molar-refractivity contribution in [2.45, 2.75) is 0 Å². The van der Waals surface area contributed by atoms with Crippen LogP contribution < -0.4 is 5.32 Å². The van der Waals surface area contributed by atoms with E-state index in [4.69, 9.17) is 0 Å². The molecule has 0 fully saturated rings. The minimum Gasteiger partial charge on any atom is -0.366 e. The van der Waals surface area contributed by atoms with Crippen molar-refractivity contribution in [3.05, 3.63) is 37.3 Å². The zero-order chi connectivity index (χ0) is 9.80. The van der Waals surface area contributed by atoms with Crippen LogP contribution in [0.4, 0.5) is 5.82 Å². The van der Waals surface area contributed by atoms with Crippen LogP contribution in [0.15, 0.2) is 37.3 Å². The average Bonchev–Trinajstić information content (AvgIpc) is 2.26. The van der Waals surface area contributed by atoms with E-state index in [-0.39, 0.29) is 0 Å². The van der Waals surface area contributed by atoms with Gasteiger partial charge in [0.05, 0.1) is 5.39 Å². The van der Waals surface area contributed by atoms with Gasteiger partial charge in [0.1, 0.15) is 12.1 Å². The third-order valence-electron chi connectivity index (χ3n) is 1.82. The molecule has 0 saturated carbocycles. The van der Waals surface area contributed by atoms with Crippen LogP contribution in [0.5, 0.6) is 0 Å². The molecule has 0 aromatic carbocycles. The molecule has 0 atom stereocenters. The largest absolute Gasteiger partial charge is 0.366 e. The van der Waals surface area contributed by atoms with E-state index >= 15 is 0 Å². The topological polar surface area (TPSA) is 50.7 Å². The lowest BCUT2D eigenvalue weighted by Gasteiger charge is -2.04. The Bertz CT molecular complexity index is 447. The summed E-state index contributed by atoms with van der Waals surface area (Å²) in [6.07, 6.45) is 5.00. The quantitative estimate of drug-likeness (QED) is 0.740. The van der Waals surface area contributed by atoms with Crippen LogP contribution in [0.1, 0.15) is 0 Å². The molecule has 4 heteroatoms. The van der Waals surface area contributed by atoms with Gasteiger partial charge in [0.15, 0.2) is 5.65 Å². The molecule has 2 aromatic rings. The van der Waals surface area contributed by atoms with Gasteiger partial charge in [-0.15, -0.1) is 6.58 Å². The minimum absolute atomic E-state index is 0.682. The van der Waals surface area contributed by atoms with Gasteiger partial charge < -0.3 is 5.32 Å². The monoisotopic (exact) mass is 186 g/mol. The van der Waals surface area contributed by atoms with Gasteiger partial charge in [-0.3, -0.25) is 0 Å². The fraction of sp³-hybridized carbons (Fsp3) is 0.100. The molecule has 14 heavy (non-hydrogen) atoms. The van der Waals surface area contributed by atoms with Gasteiger partial charge in [-0.1, -0.05) is 6.08 Å². The van der Waals surface area contributed by atoms with E-state index in [1.54, 1.807) is 12.3 Å². The summed E-state index contributed by atoms with van der Waals surface area (Å²) >= 11 is 0. The van der Waals surface area contributed by atoms with Gasteiger partial charge in [-0.25, -0.2) is 15.0 Å². The number of pyridine rings is 1. The molecular weight excluding hydrogens is 176 g/mol. The van der Waals surface area contributed by atoms with Crippen LogP contribution in [0, 0.1) is 0 Å². The van der Waals surface area contributed by atoms with Crippen molar-refractivity contribution in [3.8, 4) is 0 Å². The number of aromatic nitrogens is 3. The predicted octanol–water partition coefficient (Wildman–Crippen LogP) is 1.62. The molecule has 70 valence electrons. The molecule has 0 aliphatic heterocycles. The number of hydrogen-bond donors (Lipinski definition) is 1. The van der Waals surface area contributed by atoms with Crippen LogP contribution in [-0.4, -0.2) is 21.5 Å². The second-order valence-electron chi connectivity index (χ2n) is 2.77. The third-order valence-corrected chi connectivity index (χ3v) is 1.82. The Kier molecular flexibility index (Phi) is 2.36. The van der Waals surface area contributed by atoms with E-state index in [0.717, 1.165) is 11.2 Å². The van der Waals surface area contributed by atoms with Crippen LogP contribution in [0.25, 0.3) is 11.0 Å². The van der Waals surface area contributed by atoms with Crippen molar-refractivity contribution >= 4 is 16.9 Å². The van der Waals surface area contributed by atoms with E-state index in [1.807, 2.05) is 12.1 Å². The Morgan fingerprint density at radius 3 is 3.14 bits per heavy atom. The molecule has 4 nitrogen and oxygen atoms in total. The molecule has 0 saturated heterocycles. The van der Waals surface area contributed by atoms with Crippen LogP contribution in [-0.2, 0) is 0 Å². The Morgan fingerprint density at radius 1 is 1.36 bits per heavy atom. The number of nitrogens with one attached hydrogen (secondary N) is 1. The zero-order valence-electron chi connectivity index (χ0n) is 7.64. The lowest BCUT2D eigenvalue weighted by atomic mass is 10.3. The van der Waals surface area contributed by atoms with Crippen molar-refractivity contribution in [2.75, 3.05) is 11.9 Å². The maximum Gasteiger partial charge on any atom is 0.164 e. The van der Waals surface area contributed by atoms with Gasteiger partial charge in [-0.2, -0.15) is 0 Å². The number of fused-ring (bicyclic) bond motifs is 1. The fourth-order valence-electron chi connectivity index (χ4n) is 1.21. The normalized spacial score (nSPS) is 10.0. The smallest absolute Gasteiger partial charge is 0.164 e. The summed E-state index contributed by atoms with van der Waals surface area (Å²) in [5.41, 5.74) is 0.703. The first kappa shape index (κ1) is 8.62. The lowest BCUT2D eigenvalue weighted by Crippen LogP contribution is -2.01. The van der Waals surface area contributed by atoms with Crippen LogP contribution in [0.3, 0.4) is 0 Å². The summed E-state index contributed by atoms with van der Waals surface area (Å²) < 4.78 is 0. The number of hydrogen-bond acceptors (Lipinski definition) is 4. The first-order chi connectivity index (χ1) is 6.92. The summed E-state index contributed by atoms with van der Waals surface area (Å²) in [5, 5.41) is 4.06. The summed E-state index contributed by atoms with van der Waals surface area (Å²) in [6, 6.07) is 3.80. The van der Waals surface area contributed by atoms with E-state index in [9.17, 15) is 0 Å². The number of nitrogens with zero attached hydrogens (tertiary/aromatic N) is 3. The molecule has 1 N–H and O–H groups in total. The lowest BCUT2D eigenvalue weighted by molar-refractivity contribution is 1.16. The van der Waals surface area contributed by atoms with Gasteiger partial charge >= 0.3 is 0 Å². The molecule has 0 bridgehead atoms. The van der Waals surface area contributed by atoms with Crippen molar-refractivity contribution in [2.24, 2.45) is 0 Å². The Labute approximate surface area is 81.7 Å². The Hall–Kier alpha value is -1.97. The molecular formula is C10H10N4. The molecule has 0 amide bonds. The van der Waals surface area contributed by atoms with E-state index in [0.29, 0.717) is 12.2 Å². The molecule has 0 aliphatic carbocycles. The first-order valence-corrected chi connectivity index (χ1v) is 4.32. The average molecular weight is 186 g/mol. The fourth-order valence-corrected chi connectivity index (χ4v) is 1.21. The minimum atomic E-state index is 0.682. The molecule has 0 unspecified atom stereocenters. The first-order valence-electron chi connectivity index (χ1n) is 4.32. The van der Waals surface area contributed by atoms with Crippen molar-refractivity contribution in [3.63, 3.8) is 0 Å². The summed E-state index contributed by atoms with van der Waals surface area (Å²) in [5.74, 6) is 0.794. The molecule has 2 rings (SSSR count). The second kappa shape index (κ2) is 3.83. The number of rotatable bonds is 3. The standard InChI is InChI=1S/C10H10N4/c1-2-5-11-9-8-4-3-6-12-10(8)14-7-13-9/h2-4,6-7H,1,5H2,(H,11,12,13,14). The van der Waals surface area contributed by atoms with Crippen LogP contribution >= 0.6 is 0 Å². The highest BCUT2D eigenvalue weighted by molar-refractivity contribution is 5.85. The summed E-state index contributed by atoms with van der Waals surface area (Å²) in [7, 11) is 0. The number of anilines is 1. The summed E-state index contributed by atoms with van der Waals surface area (Å²) in [4.78, 5) is 12.3. The van der Waals surface area contributed by atoms with Gasteiger partial charge in [0, 0.05) is 12.7 Å². The van der Waals surface area contributed by atoms with Crippen LogP contribution in [0.2, 0.25) is 0 Å². The molecule has 0 spiro atoms. The predicted molar refractivity (Wildman–Crippen MR) is 56.0 cm³/mol. The third kappa shape index (κ3) is 1.54. The Morgan fingerprint density at radius 2 is 2.29 bits per heavy atom. The van der Waals surface area contributed by atoms with E-state index in [1.165, 1.54) is 6.33 Å². The molecule has 0 radical (unpaired) electrons. The zero-order valence-corrected chi connectivity index (χ0v) is 7.64. The van der Waals surface area contributed by atoms with E-state index < -0.39 is 0 Å². The van der Waals surface area contributed by atoms with E-state index in [2.05, 4.69) is 26.8 Å². The maximum atomic E-state index is 4.13. The SMILES string of the molecule is C=CCNc1ncnc2ncccc12. The van der Waals surface area contributed by atoms with Crippen molar-refractivity contribution in [1.82, 2.24) is 15.0 Å². The van der Waals surface area contributed by atoms with Gasteiger partial charge in [-0.05, 0) is 12.1 Å². The highest BCUT2D eigenvalue weighted by Crippen LogP contribution is 2.15. The second-order valence-corrected chi connectivity index (χ2v) is 2.77. The Balaban J connectivity index is 2.48. The molecule has 2 aromatic heterocycles. The summed E-state index contributed by atoms with van der Waals surface area (Å²) in [6.45, 7) is 4.32. The molecule has 0 aliphatic rings.